The minimum absolute atomic E-state index is 0.103. The summed E-state index contributed by atoms with van der Waals surface area (Å²) in [5.74, 6) is 0.0542. The van der Waals surface area contributed by atoms with Crippen LogP contribution < -0.4 is 0 Å². The quantitative estimate of drug-likeness (QED) is 0.0222. The number of hydrogen-bond acceptors (Lipinski definition) is 15. The normalized spacial score (nSPS) is 14.2. The second-order valence-corrected chi connectivity index (χ2v) is 29.6. The van der Waals surface area contributed by atoms with Crippen LogP contribution in [-0.2, 0) is 65.4 Å². The van der Waals surface area contributed by atoms with Crippen molar-refractivity contribution in [1.29, 1.82) is 0 Å². The summed E-state index contributed by atoms with van der Waals surface area (Å²) in [5, 5.41) is 10.6. The van der Waals surface area contributed by atoms with Crippen molar-refractivity contribution in [2.24, 2.45) is 17.8 Å². The number of hydrogen-bond donors (Lipinski definition) is 3. The molecule has 0 radical (unpaired) electrons. The first-order chi connectivity index (χ1) is 42.7. The van der Waals surface area contributed by atoms with E-state index >= 15 is 0 Å². The molecule has 2 unspecified atom stereocenters. The zero-order valence-electron chi connectivity index (χ0n) is 57.9. The number of ether oxygens (including phenoxy) is 4. The predicted molar refractivity (Wildman–Crippen MR) is 358 cm³/mol. The Kier molecular flexibility index (Phi) is 59.6. The molecule has 0 rings (SSSR count). The molecule has 0 aliphatic heterocycles. The number of aliphatic hydroxyl groups is 1. The third-order valence-corrected chi connectivity index (χ3v) is 18.0. The maximum atomic E-state index is 13.0. The summed E-state index contributed by atoms with van der Waals surface area (Å²) >= 11 is 0. The molecule has 17 nitrogen and oxygen atoms in total. The third kappa shape index (κ3) is 64.6. The predicted octanol–water partition coefficient (Wildman–Crippen LogP) is 19.8. The lowest BCUT2D eigenvalue weighted by Gasteiger charge is -2.21. The van der Waals surface area contributed by atoms with E-state index in [1.54, 1.807) is 0 Å². The average molecular weight is 1310 g/mol. The van der Waals surface area contributed by atoms with Crippen molar-refractivity contribution >= 4 is 39.5 Å². The fourth-order valence-corrected chi connectivity index (χ4v) is 12.1. The fraction of sp³-hybridized carbons (Fsp3) is 0.943. The Morgan fingerprint density at radius 2 is 0.517 bits per heavy atom. The topological polar surface area (TPSA) is 237 Å². The van der Waals surface area contributed by atoms with Crippen molar-refractivity contribution in [3.05, 3.63) is 0 Å². The largest absolute Gasteiger partial charge is 0.472 e. The van der Waals surface area contributed by atoms with Gasteiger partial charge in [0.2, 0.25) is 0 Å². The molecule has 0 amide bonds. The van der Waals surface area contributed by atoms with Crippen LogP contribution >= 0.6 is 15.6 Å². The molecule has 0 spiro atoms. The molecule has 89 heavy (non-hydrogen) atoms. The number of aliphatic hydroxyl groups excluding tert-OH is 1. The second kappa shape index (κ2) is 61.0. The monoisotopic (exact) mass is 1310 g/mol. The van der Waals surface area contributed by atoms with Crippen LogP contribution in [0.2, 0.25) is 0 Å². The van der Waals surface area contributed by atoms with Crippen LogP contribution in [0.1, 0.15) is 350 Å². The van der Waals surface area contributed by atoms with E-state index in [4.69, 9.17) is 37.0 Å². The third-order valence-electron chi connectivity index (χ3n) is 16.1. The second-order valence-electron chi connectivity index (χ2n) is 26.7. The Labute approximate surface area is 543 Å². The van der Waals surface area contributed by atoms with E-state index in [9.17, 15) is 43.2 Å². The highest BCUT2D eigenvalue weighted by Crippen LogP contribution is 2.45. The number of phosphoric acid groups is 2. The van der Waals surface area contributed by atoms with Gasteiger partial charge in [-0.05, 0) is 43.4 Å². The van der Waals surface area contributed by atoms with Gasteiger partial charge in [-0.15, -0.1) is 0 Å². The molecule has 5 atom stereocenters. The molecule has 528 valence electrons. The lowest BCUT2D eigenvalue weighted by molar-refractivity contribution is -0.161. The standard InChI is InChI=1S/C70H136O17P2/c1-8-9-10-11-12-13-14-15-16-17-18-23-31-39-46-53-69(74)86-65(57-80-67(72)51-44-37-30-22-20-19-21-27-34-41-48-61(2)3)59-84-88(76,77)82-55-64(71)56-83-89(78,79)85-60-66(58-81-68(73)52-45-38-33-26-29-36-43-50-63(6)7)87-70(75)54-47-40-32-25-24-28-35-42-49-62(4)5/h61-66,71H,8-60H2,1-7H3,(H,76,77)(H,78,79)/t64-,65-,66-/m1/s1. The molecule has 0 aliphatic carbocycles. The fourth-order valence-electron chi connectivity index (χ4n) is 10.5. The van der Waals surface area contributed by atoms with E-state index in [1.807, 2.05) is 0 Å². The highest BCUT2D eigenvalue weighted by Gasteiger charge is 2.30. The molecule has 0 aromatic heterocycles. The van der Waals surface area contributed by atoms with E-state index in [0.717, 1.165) is 108 Å². The number of carbonyl (C=O) groups excluding carboxylic acids is 4. The average Bonchev–Trinajstić information content (AvgIpc) is 3.70. The molecule has 0 bridgehead atoms. The van der Waals surface area contributed by atoms with Crippen LogP contribution in [0, 0.1) is 17.8 Å². The van der Waals surface area contributed by atoms with Crippen LogP contribution in [0.25, 0.3) is 0 Å². The van der Waals surface area contributed by atoms with Gasteiger partial charge in [-0.3, -0.25) is 37.3 Å². The Morgan fingerprint density at radius 3 is 0.764 bits per heavy atom. The number of unbranched alkanes of at least 4 members (excludes halogenated alkanes) is 36. The Balaban J connectivity index is 5.25. The van der Waals surface area contributed by atoms with Crippen molar-refractivity contribution in [1.82, 2.24) is 0 Å². The summed E-state index contributed by atoms with van der Waals surface area (Å²) in [5.41, 5.74) is 0. The molecule has 19 heteroatoms. The van der Waals surface area contributed by atoms with E-state index in [2.05, 4.69) is 48.5 Å². The van der Waals surface area contributed by atoms with E-state index in [-0.39, 0.29) is 25.7 Å². The number of esters is 4. The summed E-state index contributed by atoms with van der Waals surface area (Å²) in [6.07, 6.45) is 44.5. The van der Waals surface area contributed by atoms with Gasteiger partial charge in [0.15, 0.2) is 12.2 Å². The smallest absolute Gasteiger partial charge is 0.462 e. The Morgan fingerprint density at radius 1 is 0.303 bits per heavy atom. The van der Waals surface area contributed by atoms with Crippen molar-refractivity contribution in [2.75, 3.05) is 39.6 Å². The van der Waals surface area contributed by atoms with Gasteiger partial charge in [0.25, 0.3) is 0 Å². The SMILES string of the molecule is CCCCCCCCCCCCCCCCCC(=O)O[C@H](COC(=O)CCCCCCCCCCCCC(C)C)COP(=O)(O)OC[C@@H](O)COP(=O)(O)OC[C@@H](COC(=O)CCCCCCCCCC(C)C)OC(=O)CCCCCCCCCCC(C)C. The first-order valence-corrected chi connectivity index (χ1v) is 39.3. The van der Waals surface area contributed by atoms with E-state index in [0.29, 0.717) is 31.6 Å². The number of carbonyl (C=O) groups is 4. The molecule has 0 aliphatic rings. The van der Waals surface area contributed by atoms with E-state index in [1.165, 1.54) is 154 Å². The van der Waals surface area contributed by atoms with Crippen molar-refractivity contribution in [3.63, 3.8) is 0 Å². The lowest BCUT2D eigenvalue weighted by Crippen LogP contribution is -2.30. The number of phosphoric ester groups is 2. The summed E-state index contributed by atoms with van der Waals surface area (Å²) in [4.78, 5) is 72.5. The van der Waals surface area contributed by atoms with E-state index < -0.39 is 97.5 Å². The van der Waals surface area contributed by atoms with Crippen LogP contribution in [0.4, 0.5) is 0 Å². The lowest BCUT2D eigenvalue weighted by atomic mass is 10.0. The first kappa shape index (κ1) is 87.1. The molecular weight excluding hydrogens is 1170 g/mol. The number of rotatable bonds is 68. The van der Waals surface area contributed by atoms with Gasteiger partial charge >= 0.3 is 39.5 Å². The van der Waals surface area contributed by atoms with Crippen molar-refractivity contribution < 1.29 is 80.2 Å². The zero-order chi connectivity index (χ0) is 65.9. The first-order valence-electron chi connectivity index (χ1n) is 36.3. The summed E-state index contributed by atoms with van der Waals surface area (Å²) in [6.45, 7) is 11.7. The highest BCUT2D eigenvalue weighted by molar-refractivity contribution is 7.47. The molecule has 0 saturated carbocycles. The minimum Gasteiger partial charge on any atom is -0.462 e. The minimum atomic E-state index is -4.95. The van der Waals surface area contributed by atoms with Gasteiger partial charge in [0.1, 0.15) is 19.3 Å². The van der Waals surface area contributed by atoms with Crippen LogP contribution in [-0.4, -0.2) is 96.7 Å². The maximum absolute atomic E-state index is 13.0. The van der Waals surface area contributed by atoms with Crippen LogP contribution in [0.3, 0.4) is 0 Å². The van der Waals surface area contributed by atoms with Gasteiger partial charge < -0.3 is 33.8 Å². The molecule has 0 aromatic rings. The van der Waals surface area contributed by atoms with Crippen molar-refractivity contribution in [3.8, 4) is 0 Å². The van der Waals surface area contributed by atoms with Crippen molar-refractivity contribution in [2.45, 2.75) is 369 Å². The molecule has 3 N–H and O–H groups in total. The summed E-state index contributed by atoms with van der Waals surface area (Å²) < 4.78 is 68.3. The highest BCUT2D eigenvalue weighted by atomic mass is 31.2. The molecular formula is C70H136O17P2. The van der Waals surface area contributed by atoms with Gasteiger partial charge in [-0.25, -0.2) is 9.13 Å². The maximum Gasteiger partial charge on any atom is 0.472 e. The van der Waals surface area contributed by atoms with Gasteiger partial charge in [0, 0.05) is 25.7 Å². The van der Waals surface area contributed by atoms with Crippen LogP contribution in [0.5, 0.6) is 0 Å². The summed E-state index contributed by atoms with van der Waals surface area (Å²) in [7, 11) is -9.90. The Bertz CT molecular complexity index is 1750. The zero-order valence-corrected chi connectivity index (χ0v) is 59.7. The molecule has 0 heterocycles. The van der Waals surface area contributed by atoms with Gasteiger partial charge in [-0.1, -0.05) is 299 Å². The van der Waals surface area contributed by atoms with Crippen LogP contribution in [0.15, 0.2) is 0 Å². The molecule has 0 fully saturated rings. The van der Waals surface area contributed by atoms with Gasteiger partial charge in [0.05, 0.1) is 26.4 Å². The molecule has 0 aromatic carbocycles. The Hall–Kier alpha value is -1.94. The molecule has 0 saturated heterocycles. The van der Waals surface area contributed by atoms with Gasteiger partial charge in [-0.2, -0.15) is 0 Å². The summed E-state index contributed by atoms with van der Waals surface area (Å²) in [6, 6.07) is 0.